The van der Waals surface area contributed by atoms with Crippen LogP contribution < -0.4 is 14.9 Å². The number of halogens is 4. The number of nitrogens with one attached hydrogen (secondary N) is 1. The summed E-state index contributed by atoms with van der Waals surface area (Å²) in [6.45, 7) is 2.81. The Hall–Kier alpha value is -1.56. The molecule has 0 aliphatic heterocycles. The van der Waals surface area contributed by atoms with Crippen molar-refractivity contribution in [1.29, 1.82) is 0 Å². The van der Waals surface area contributed by atoms with Crippen LogP contribution in [0.3, 0.4) is 0 Å². The third-order valence-corrected chi connectivity index (χ3v) is 6.40. The number of carbonyl (C=O) groups is 1. The Labute approximate surface area is 223 Å². The van der Waals surface area contributed by atoms with Gasteiger partial charge in [-0.25, -0.2) is 5.43 Å². The normalized spacial score (nSPS) is 10.9. The van der Waals surface area contributed by atoms with Crippen molar-refractivity contribution in [2.24, 2.45) is 5.10 Å². The highest BCUT2D eigenvalue weighted by molar-refractivity contribution is 14.1. The minimum atomic E-state index is -0.298. The second kappa shape index (κ2) is 12.1. The summed E-state index contributed by atoms with van der Waals surface area (Å²) in [7, 11) is 0. The first-order valence-electron chi connectivity index (χ1n) is 9.49. The minimum absolute atomic E-state index is 0.298. The smallest absolute Gasteiger partial charge is 0.271 e. The van der Waals surface area contributed by atoms with Gasteiger partial charge < -0.3 is 9.47 Å². The predicted molar refractivity (Wildman–Crippen MR) is 145 cm³/mol. The van der Waals surface area contributed by atoms with Crippen LogP contribution in [0.15, 0.2) is 59.7 Å². The van der Waals surface area contributed by atoms with Crippen LogP contribution in [0.4, 0.5) is 0 Å². The second-order valence-electron chi connectivity index (χ2n) is 6.49. The van der Waals surface area contributed by atoms with E-state index in [0.717, 1.165) is 29.8 Å². The largest absolute Gasteiger partial charge is 0.494 e. The summed E-state index contributed by atoms with van der Waals surface area (Å²) in [4.78, 5) is 12.3. The van der Waals surface area contributed by atoms with E-state index in [4.69, 9.17) is 32.7 Å². The van der Waals surface area contributed by atoms with Crippen molar-refractivity contribution in [3.05, 3.63) is 88.5 Å². The molecule has 1 amide bonds. The van der Waals surface area contributed by atoms with Gasteiger partial charge >= 0.3 is 0 Å². The molecule has 0 spiro atoms. The van der Waals surface area contributed by atoms with Crippen LogP contribution in [-0.2, 0) is 6.61 Å². The van der Waals surface area contributed by atoms with E-state index in [-0.39, 0.29) is 5.91 Å². The summed E-state index contributed by atoms with van der Waals surface area (Å²) < 4.78 is 13.2. The number of benzene rings is 3. The summed E-state index contributed by atoms with van der Waals surface area (Å²) in [5, 5.41) is 5.22. The molecule has 0 aliphatic rings. The lowest BCUT2D eigenvalue weighted by atomic mass is 10.2. The molecular weight excluding hydrogens is 677 g/mol. The van der Waals surface area contributed by atoms with Gasteiger partial charge in [-0.1, -0.05) is 29.3 Å². The average Bonchev–Trinajstić information content (AvgIpc) is 2.75. The molecule has 166 valence electrons. The number of carbonyl (C=O) groups excluding carboxylic acids is 1. The topological polar surface area (TPSA) is 59.9 Å². The number of hydrogen-bond acceptors (Lipinski definition) is 4. The zero-order chi connectivity index (χ0) is 23.1. The van der Waals surface area contributed by atoms with E-state index in [0.29, 0.717) is 28.8 Å². The van der Waals surface area contributed by atoms with Gasteiger partial charge in [0.25, 0.3) is 5.91 Å². The van der Waals surface area contributed by atoms with Crippen LogP contribution in [0.2, 0.25) is 10.0 Å². The molecule has 0 aliphatic carbocycles. The third-order valence-electron chi connectivity index (χ3n) is 4.21. The van der Waals surface area contributed by atoms with Crippen molar-refractivity contribution in [2.75, 3.05) is 6.61 Å². The number of hydrazone groups is 1. The molecule has 0 saturated heterocycles. The zero-order valence-corrected chi connectivity index (χ0v) is 22.7. The highest BCUT2D eigenvalue weighted by atomic mass is 127. The fourth-order valence-electron chi connectivity index (χ4n) is 2.68. The van der Waals surface area contributed by atoms with Gasteiger partial charge in [0.05, 0.1) is 20.0 Å². The molecule has 0 fully saturated rings. The molecule has 3 aromatic rings. The van der Waals surface area contributed by atoms with Gasteiger partial charge in [0, 0.05) is 21.2 Å². The van der Waals surface area contributed by atoms with Crippen molar-refractivity contribution < 1.29 is 14.3 Å². The minimum Gasteiger partial charge on any atom is -0.494 e. The number of amides is 1. The fraction of sp³-hybridized carbons (Fsp3) is 0.130. The first-order valence-corrected chi connectivity index (χ1v) is 12.4. The van der Waals surface area contributed by atoms with Gasteiger partial charge in [-0.05, 0) is 106 Å². The molecular formula is C23H18Cl2I2N2O3. The first-order chi connectivity index (χ1) is 15.4. The highest BCUT2D eigenvalue weighted by Crippen LogP contribution is 2.30. The van der Waals surface area contributed by atoms with E-state index in [1.165, 1.54) is 0 Å². The Bertz CT molecular complexity index is 1120. The molecule has 0 radical (unpaired) electrons. The Morgan fingerprint density at radius 3 is 2.34 bits per heavy atom. The maximum Gasteiger partial charge on any atom is 0.271 e. The number of ether oxygens (including phenoxy) is 2. The molecule has 0 atom stereocenters. The molecule has 3 rings (SSSR count). The van der Waals surface area contributed by atoms with E-state index >= 15 is 0 Å². The molecule has 0 aromatic heterocycles. The molecule has 3 aromatic carbocycles. The van der Waals surface area contributed by atoms with Crippen molar-refractivity contribution in [3.8, 4) is 11.5 Å². The number of hydrogen-bond donors (Lipinski definition) is 1. The SMILES string of the molecule is CCOc1ccc(C(=O)N/N=C\c2cc(I)c(OCc3ccc(Cl)cc3Cl)c(I)c2)cc1. The van der Waals surface area contributed by atoms with Crippen molar-refractivity contribution in [2.45, 2.75) is 13.5 Å². The van der Waals surface area contributed by atoms with Crippen LogP contribution in [0.25, 0.3) is 0 Å². The Balaban J connectivity index is 1.62. The maximum atomic E-state index is 12.3. The lowest BCUT2D eigenvalue weighted by Gasteiger charge is -2.12. The molecule has 0 heterocycles. The van der Waals surface area contributed by atoms with Gasteiger partial charge in [0.2, 0.25) is 0 Å². The summed E-state index contributed by atoms with van der Waals surface area (Å²) in [5.41, 5.74) is 4.73. The standard InChI is InChI=1S/C23H18Cl2I2N2O3/c1-2-31-18-7-4-15(5-8-18)23(30)29-28-12-14-9-20(26)22(21(27)10-14)32-13-16-3-6-17(24)11-19(16)25/h3-12H,2,13H2,1H3,(H,29,30)/b28-12-. The lowest BCUT2D eigenvalue weighted by molar-refractivity contribution is 0.0955. The first kappa shape index (κ1) is 25.1. The zero-order valence-electron chi connectivity index (χ0n) is 16.9. The summed E-state index contributed by atoms with van der Waals surface area (Å²) >= 11 is 16.6. The van der Waals surface area contributed by atoms with Crippen LogP contribution >= 0.6 is 68.4 Å². The van der Waals surface area contributed by atoms with Crippen LogP contribution in [0, 0.1) is 7.14 Å². The molecule has 0 unspecified atom stereocenters. The summed E-state index contributed by atoms with van der Waals surface area (Å²) in [6.07, 6.45) is 1.59. The van der Waals surface area contributed by atoms with Gasteiger partial charge in [-0.2, -0.15) is 5.10 Å². The molecule has 5 nitrogen and oxygen atoms in total. The quantitative estimate of drug-likeness (QED) is 0.158. The lowest BCUT2D eigenvalue weighted by Crippen LogP contribution is -2.17. The molecule has 9 heteroatoms. The average molecular weight is 695 g/mol. The monoisotopic (exact) mass is 694 g/mol. The Morgan fingerprint density at radius 2 is 1.72 bits per heavy atom. The van der Waals surface area contributed by atoms with Crippen molar-refractivity contribution in [3.63, 3.8) is 0 Å². The van der Waals surface area contributed by atoms with Crippen LogP contribution in [0.5, 0.6) is 11.5 Å². The Kier molecular flexibility index (Phi) is 9.45. The molecule has 0 bridgehead atoms. The summed E-state index contributed by atoms with van der Waals surface area (Å²) in [5.74, 6) is 1.18. The summed E-state index contributed by atoms with van der Waals surface area (Å²) in [6, 6.07) is 16.1. The molecule has 1 N–H and O–H groups in total. The predicted octanol–water partition coefficient (Wildman–Crippen LogP) is 6.94. The number of nitrogens with zero attached hydrogens (tertiary/aromatic N) is 1. The van der Waals surface area contributed by atoms with Gasteiger partial charge in [0.15, 0.2) is 0 Å². The van der Waals surface area contributed by atoms with Gasteiger partial charge in [-0.3, -0.25) is 4.79 Å². The molecule has 32 heavy (non-hydrogen) atoms. The van der Waals surface area contributed by atoms with Crippen molar-refractivity contribution in [1.82, 2.24) is 5.43 Å². The second-order valence-corrected chi connectivity index (χ2v) is 9.66. The van der Waals surface area contributed by atoms with Crippen LogP contribution in [-0.4, -0.2) is 18.7 Å². The fourth-order valence-corrected chi connectivity index (χ4v) is 5.27. The van der Waals surface area contributed by atoms with Gasteiger partial charge in [0.1, 0.15) is 18.1 Å². The van der Waals surface area contributed by atoms with E-state index in [2.05, 4.69) is 55.7 Å². The maximum absolute atomic E-state index is 12.3. The van der Waals surface area contributed by atoms with E-state index < -0.39 is 0 Å². The van der Waals surface area contributed by atoms with Crippen LogP contribution in [0.1, 0.15) is 28.4 Å². The van der Waals surface area contributed by atoms with E-state index in [9.17, 15) is 4.79 Å². The number of rotatable bonds is 8. The third kappa shape index (κ3) is 6.97. The van der Waals surface area contributed by atoms with Crippen molar-refractivity contribution >= 4 is 80.5 Å². The molecule has 0 saturated carbocycles. The Morgan fingerprint density at radius 1 is 1.03 bits per heavy atom. The highest BCUT2D eigenvalue weighted by Gasteiger charge is 2.11. The van der Waals surface area contributed by atoms with E-state index in [1.54, 1.807) is 42.6 Å². The van der Waals surface area contributed by atoms with Gasteiger partial charge in [-0.15, -0.1) is 0 Å². The van der Waals surface area contributed by atoms with E-state index in [1.807, 2.05) is 25.1 Å².